The van der Waals surface area contributed by atoms with E-state index in [1.807, 2.05) is 0 Å². The number of rotatable bonds is 2. The van der Waals surface area contributed by atoms with Crippen LogP contribution in [0.25, 0.3) is 0 Å². The second kappa shape index (κ2) is 3.13. The molecule has 1 fully saturated rings. The van der Waals surface area contributed by atoms with E-state index < -0.39 is 0 Å². The van der Waals surface area contributed by atoms with E-state index in [9.17, 15) is 9.59 Å². The summed E-state index contributed by atoms with van der Waals surface area (Å²) in [5.74, 6) is 0.404. The molecule has 0 aliphatic carbocycles. The number of imide groups is 1. The van der Waals surface area contributed by atoms with E-state index in [1.54, 1.807) is 13.0 Å². The molecule has 0 unspecified atom stereocenters. The molecule has 0 aromatic carbocycles. The van der Waals surface area contributed by atoms with Gasteiger partial charge in [0.15, 0.2) is 0 Å². The average molecular weight is 195 g/mol. The highest BCUT2D eigenvalue weighted by Crippen LogP contribution is 2.08. The third-order valence-electron chi connectivity index (χ3n) is 1.90. The molecule has 1 aromatic rings. The molecule has 74 valence electrons. The van der Waals surface area contributed by atoms with Crippen molar-refractivity contribution in [1.29, 1.82) is 0 Å². The van der Waals surface area contributed by atoms with Crippen molar-refractivity contribution < 1.29 is 14.1 Å². The van der Waals surface area contributed by atoms with Crippen LogP contribution in [0.5, 0.6) is 0 Å². The zero-order valence-corrected chi connectivity index (χ0v) is 7.61. The second-order valence-corrected chi connectivity index (χ2v) is 3.14. The SMILES string of the molecule is Cc1cc(CN2CC(=O)NC2=O)no1. The topological polar surface area (TPSA) is 75.4 Å². The fourth-order valence-corrected chi connectivity index (χ4v) is 1.30. The Morgan fingerprint density at radius 1 is 1.64 bits per heavy atom. The van der Waals surface area contributed by atoms with Crippen molar-refractivity contribution in [3.63, 3.8) is 0 Å². The number of hydrogen-bond acceptors (Lipinski definition) is 4. The van der Waals surface area contributed by atoms with Gasteiger partial charge in [-0.05, 0) is 6.92 Å². The standard InChI is InChI=1S/C8H9N3O3/c1-5-2-6(10-14-5)3-11-4-7(12)9-8(11)13/h2H,3-4H2,1H3,(H,9,12,13). The number of carbonyl (C=O) groups excluding carboxylic acids is 2. The molecule has 1 N–H and O–H groups in total. The predicted octanol–water partition coefficient (Wildman–Crippen LogP) is 0.0348. The molecule has 2 rings (SSSR count). The Morgan fingerprint density at radius 2 is 2.43 bits per heavy atom. The lowest BCUT2D eigenvalue weighted by Crippen LogP contribution is -2.27. The van der Waals surface area contributed by atoms with E-state index in [0.29, 0.717) is 18.0 Å². The van der Waals surface area contributed by atoms with Crippen LogP contribution in [0.15, 0.2) is 10.6 Å². The van der Waals surface area contributed by atoms with Gasteiger partial charge in [-0.15, -0.1) is 0 Å². The number of nitrogens with one attached hydrogen (secondary N) is 1. The van der Waals surface area contributed by atoms with Crippen LogP contribution in [-0.2, 0) is 11.3 Å². The Morgan fingerprint density at radius 3 is 2.93 bits per heavy atom. The second-order valence-electron chi connectivity index (χ2n) is 3.14. The van der Waals surface area contributed by atoms with Crippen molar-refractivity contribution in [3.8, 4) is 0 Å². The van der Waals surface area contributed by atoms with Crippen molar-refractivity contribution in [3.05, 3.63) is 17.5 Å². The number of urea groups is 1. The van der Waals surface area contributed by atoms with E-state index in [4.69, 9.17) is 4.52 Å². The van der Waals surface area contributed by atoms with Crippen LogP contribution in [0, 0.1) is 6.92 Å². The Kier molecular flexibility index (Phi) is 1.95. The van der Waals surface area contributed by atoms with Crippen LogP contribution in [0.4, 0.5) is 4.79 Å². The Labute approximate surface area is 79.8 Å². The number of carbonyl (C=O) groups is 2. The van der Waals surface area contributed by atoms with Crippen LogP contribution >= 0.6 is 0 Å². The summed E-state index contributed by atoms with van der Waals surface area (Å²) < 4.78 is 4.84. The minimum Gasteiger partial charge on any atom is -0.361 e. The third-order valence-corrected chi connectivity index (χ3v) is 1.90. The zero-order valence-electron chi connectivity index (χ0n) is 7.61. The molecule has 1 aliphatic heterocycles. The predicted molar refractivity (Wildman–Crippen MR) is 45.2 cm³/mol. The number of aryl methyl sites for hydroxylation is 1. The molecule has 1 aromatic heterocycles. The maximum absolute atomic E-state index is 11.1. The summed E-state index contributed by atoms with van der Waals surface area (Å²) in [6.45, 7) is 2.16. The summed E-state index contributed by atoms with van der Waals surface area (Å²) in [7, 11) is 0. The van der Waals surface area contributed by atoms with Crippen LogP contribution in [0.1, 0.15) is 11.5 Å². The molecule has 6 nitrogen and oxygen atoms in total. The Hall–Kier alpha value is -1.85. The first-order valence-corrected chi connectivity index (χ1v) is 4.16. The van der Waals surface area contributed by atoms with Gasteiger partial charge in [-0.1, -0.05) is 5.16 Å². The highest BCUT2D eigenvalue weighted by molar-refractivity contribution is 6.01. The summed E-state index contributed by atoms with van der Waals surface area (Å²) >= 11 is 0. The van der Waals surface area contributed by atoms with Gasteiger partial charge in [0.1, 0.15) is 18.0 Å². The van der Waals surface area contributed by atoms with Gasteiger partial charge in [-0.2, -0.15) is 0 Å². The molecule has 3 amide bonds. The molecular weight excluding hydrogens is 186 g/mol. The van der Waals surface area contributed by atoms with E-state index in [0.717, 1.165) is 0 Å². The van der Waals surface area contributed by atoms with Gasteiger partial charge < -0.3 is 9.42 Å². The summed E-state index contributed by atoms with van der Waals surface area (Å²) in [5, 5.41) is 5.91. The van der Waals surface area contributed by atoms with Gasteiger partial charge in [0.25, 0.3) is 0 Å². The molecule has 0 radical (unpaired) electrons. The van der Waals surface area contributed by atoms with Gasteiger partial charge in [-0.25, -0.2) is 4.79 Å². The third kappa shape index (κ3) is 1.59. The fraction of sp³-hybridized carbons (Fsp3) is 0.375. The average Bonchev–Trinajstić information content (AvgIpc) is 2.61. The van der Waals surface area contributed by atoms with E-state index in [1.165, 1.54) is 4.90 Å². The molecule has 0 atom stereocenters. The van der Waals surface area contributed by atoms with Crippen molar-refractivity contribution in [2.24, 2.45) is 0 Å². The Bertz CT molecular complexity index is 385. The highest BCUT2D eigenvalue weighted by Gasteiger charge is 2.27. The van der Waals surface area contributed by atoms with Crippen molar-refractivity contribution >= 4 is 11.9 Å². The smallest absolute Gasteiger partial charge is 0.324 e. The first-order valence-electron chi connectivity index (χ1n) is 4.16. The molecule has 2 heterocycles. The lowest BCUT2D eigenvalue weighted by Gasteiger charge is -2.09. The van der Waals surface area contributed by atoms with Gasteiger partial charge in [0.2, 0.25) is 5.91 Å². The number of hydrogen-bond donors (Lipinski definition) is 1. The van der Waals surface area contributed by atoms with Gasteiger partial charge in [0, 0.05) is 6.07 Å². The van der Waals surface area contributed by atoms with Crippen molar-refractivity contribution in [2.45, 2.75) is 13.5 Å². The summed E-state index contributed by atoms with van der Waals surface area (Å²) in [6.07, 6.45) is 0. The molecule has 6 heteroatoms. The first kappa shape index (κ1) is 8.74. The number of amides is 3. The molecule has 0 saturated carbocycles. The summed E-state index contributed by atoms with van der Waals surface area (Å²) in [4.78, 5) is 23.3. The van der Waals surface area contributed by atoms with Crippen molar-refractivity contribution in [2.75, 3.05) is 6.54 Å². The Balaban J connectivity index is 2.05. The maximum Gasteiger partial charge on any atom is 0.324 e. The quantitative estimate of drug-likeness (QED) is 0.676. The maximum atomic E-state index is 11.1. The summed E-state index contributed by atoms with van der Waals surface area (Å²) in [6, 6.07) is 1.35. The van der Waals surface area contributed by atoms with Crippen LogP contribution < -0.4 is 5.32 Å². The minimum absolute atomic E-state index is 0.0880. The normalized spacial score (nSPS) is 16.2. The van der Waals surface area contributed by atoms with E-state index in [-0.39, 0.29) is 18.5 Å². The van der Waals surface area contributed by atoms with Crippen LogP contribution in [-0.4, -0.2) is 28.5 Å². The monoisotopic (exact) mass is 195 g/mol. The van der Waals surface area contributed by atoms with Crippen molar-refractivity contribution in [1.82, 2.24) is 15.4 Å². The number of nitrogens with zero attached hydrogens (tertiary/aromatic N) is 2. The van der Waals surface area contributed by atoms with Gasteiger partial charge >= 0.3 is 6.03 Å². The van der Waals surface area contributed by atoms with Gasteiger partial charge in [-0.3, -0.25) is 10.1 Å². The number of aromatic nitrogens is 1. The lowest BCUT2D eigenvalue weighted by molar-refractivity contribution is -0.118. The molecule has 14 heavy (non-hydrogen) atoms. The van der Waals surface area contributed by atoms with Crippen LogP contribution in [0.2, 0.25) is 0 Å². The first-order chi connectivity index (χ1) is 6.65. The molecule has 0 bridgehead atoms. The molecule has 1 saturated heterocycles. The molecular formula is C8H9N3O3. The molecule has 1 aliphatic rings. The van der Waals surface area contributed by atoms with Crippen LogP contribution in [0.3, 0.4) is 0 Å². The van der Waals surface area contributed by atoms with Gasteiger partial charge in [0.05, 0.1) is 6.54 Å². The largest absolute Gasteiger partial charge is 0.361 e. The van der Waals surface area contributed by atoms with E-state index >= 15 is 0 Å². The lowest BCUT2D eigenvalue weighted by atomic mass is 10.3. The fourth-order valence-electron chi connectivity index (χ4n) is 1.30. The highest BCUT2D eigenvalue weighted by atomic mass is 16.5. The molecule has 0 spiro atoms. The van der Waals surface area contributed by atoms with E-state index in [2.05, 4.69) is 10.5 Å². The minimum atomic E-state index is -0.379. The summed E-state index contributed by atoms with van der Waals surface area (Å²) in [5.41, 5.74) is 0.646. The zero-order chi connectivity index (χ0) is 10.1.